The Morgan fingerprint density at radius 1 is 1.32 bits per heavy atom. The highest BCUT2D eigenvalue weighted by molar-refractivity contribution is 7.11. The number of rotatable bonds is 3. The SMILES string of the molecule is Cc1nc(C)c(C(C)Nc2ccc(C#N)c(C)c2)s1. The van der Waals surface area contributed by atoms with Gasteiger partial charge in [-0.3, -0.25) is 0 Å². The van der Waals surface area contributed by atoms with Gasteiger partial charge in [-0.1, -0.05) is 0 Å². The van der Waals surface area contributed by atoms with Crippen LogP contribution in [0.3, 0.4) is 0 Å². The van der Waals surface area contributed by atoms with E-state index in [-0.39, 0.29) is 6.04 Å². The number of nitrogens with one attached hydrogen (secondary N) is 1. The Morgan fingerprint density at radius 2 is 2.05 bits per heavy atom. The molecule has 1 unspecified atom stereocenters. The average Bonchev–Trinajstić information content (AvgIpc) is 2.69. The molecule has 0 bridgehead atoms. The highest BCUT2D eigenvalue weighted by Gasteiger charge is 2.13. The van der Waals surface area contributed by atoms with Gasteiger partial charge in [0.05, 0.1) is 28.4 Å². The molecule has 1 aromatic carbocycles. The summed E-state index contributed by atoms with van der Waals surface area (Å²) in [6.45, 7) is 8.16. The van der Waals surface area contributed by atoms with Gasteiger partial charge in [0.25, 0.3) is 0 Å². The summed E-state index contributed by atoms with van der Waals surface area (Å²) in [6.07, 6.45) is 0. The van der Waals surface area contributed by atoms with Crippen LogP contribution in [0.25, 0.3) is 0 Å². The van der Waals surface area contributed by atoms with Gasteiger partial charge in [0.1, 0.15) is 0 Å². The summed E-state index contributed by atoms with van der Waals surface area (Å²) >= 11 is 1.73. The van der Waals surface area contributed by atoms with Gasteiger partial charge >= 0.3 is 0 Å². The second-order valence-electron chi connectivity index (χ2n) is 4.69. The number of nitrogens with zero attached hydrogens (tertiary/aromatic N) is 2. The minimum absolute atomic E-state index is 0.221. The Kier molecular flexibility index (Phi) is 3.87. The van der Waals surface area contributed by atoms with Crippen molar-refractivity contribution in [1.29, 1.82) is 5.26 Å². The maximum absolute atomic E-state index is 8.93. The van der Waals surface area contributed by atoms with E-state index in [0.29, 0.717) is 0 Å². The lowest BCUT2D eigenvalue weighted by Crippen LogP contribution is -2.06. The van der Waals surface area contributed by atoms with Gasteiger partial charge in [0.2, 0.25) is 0 Å². The topological polar surface area (TPSA) is 48.7 Å². The monoisotopic (exact) mass is 271 g/mol. The molecule has 0 fully saturated rings. The molecule has 0 aliphatic carbocycles. The molecule has 1 aromatic heterocycles. The molecule has 2 rings (SSSR count). The molecule has 0 radical (unpaired) electrons. The van der Waals surface area contributed by atoms with E-state index in [0.717, 1.165) is 27.5 Å². The molecule has 3 nitrogen and oxygen atoms in total. The van der Waals surface area contributed by atoms with Crippen molar-refractivity contribution < 1.29 is 0 Å². The molecular weight excluding hydrogens is 254 g/mol. The first-order chi connectivity index (χ1) is 9.01. The van der Waals surface area contributed by atoms with Crippen molar-refractivity contribution in [2.75, 3.05) is 5.32 Å². The van der Waals surface area contributed by atoms with Gasteiger partial charge in [0, 0.05) is 10.6 Å². The van der Waals surface area contributed by atoms with E-state index in [1.807, 2.05) is 39.0 Å². The number of thiazole rings is 1. The summed E-state index contributed by atoms with van der Waals surface area (Å²) < 4.78 is 0. The molecule has 1 N–H and O–H groups in total. The van der Waals surface area contributed by atoms with Crippen LogP contribution in [0.2, 0.25) is 0 Å². The largest absolute Gasteiger partial charge is 0.378 e. The molecule has 0 saturated carbocycles. The van der Waals surface area contributed by atoms with E-state index < -0.39 is 0 Å². The fourth-order valence-corrected chi connectivity index (χ4v) is 3.07. The molecule has 1 heterocycles. The summed E-state index contributed by atoms with van der Waals surface area (Å²) in [6, 6.07) is 8.22. The molecule has 0 saturated heterocycles. The number of hydrogen-bond donors (Lipinski definition) is 1. The van der Waals surface area contributed by atoms with Crippen molar-refractivity contribution in [2.24, 2.45) is 0 Å². The Morgan fingerprint density at radius 3 is 2.58 bits per heavy atom. The molecule has 0 spiro atoms. The average molecular weight is 271 g/mol. The van der Waals surface area contributed by atoms with Crippen LogP contribution in [0.15, 0.2) is 18.2 Å². The van der Waals surface area contributed by atoms with Crippen LogP contribution in [0.1, 0.15) is 39.7 Å². The number of benzene rings is 1. The van der Waals surface area contributed by atoms with E-state index in [1.165, 1.54) is 4.88 Å². The van der Waals surface area contributed by atoms with Crippen LogP contribution in [0.5, 0.6) is 0 Å². The Hall–Kier alpha value is -1.86. The van der Waals surface area contributed by atoms with Crippen LogP contribution < -0.4 is 5.32 Å². The quantitative estimate of drug-likeness (QED) is 0.913. The van der Waals surface area contributed by atoms with E-state index in [1.54, 1.807) is 11.3 Å². The second-order valence-corrected chi connectivity index (χ2v) is 5.92. The van der Waals surface area contributed by atoms with E-state index in [9.17, 15) is 0 Å². The van der Waals surface area contributed by atoms with E-state index >= 15 is 0 Å². The molecule has 4 heteroatoms. The third-order valence-electron chi connectivity index (χ3n) is 3.06. The number of anilines is 1. The second kappa shape index (κ2) is 5.41. The van der Waals surface area contributed by atoms with Gasteiger partial charge in [-0.15, -0.1) is 11.3 Å². The minimum atomic E-state index is 0.221. The summed E-state index contributed by atoms with van der Waals surface area (Å²) in [5.74, 6) is 0. The molecule has 98 valence electrons. The minimum Gasteiger partial charge on any atom is -0.378 e. The van der Waals surface area contributed by atoms with Crippen molar-refractivity contribution in [3.8, 4) is 6.07 Å². The molecule has 0 aliphatic heterocycles. The van der Waals surface area contributed by atoms with Crippen LogP contribution >= 0.6 is 11.3 Å². The van der Waals surface area contributed by atoms with Crippen LogP contribution in [0.4, 0.5) is 5.69 Å². The molecule has 2 aromatic rings. The Labute approximate surface area is 117 Å². The number of aromatic nitrogens is 1. The Balaban J connectivity index is 2.20. The number of hydrogen-bond acceptors (Lipinski definition) is 4. The fourth-order valence-electron chi connectivity index (χ4n) is 2.14. The lowest BCUT2D eigenvalue weighted by atomic mass is 10.1. The molecule has 0 aliphatic rings. The molecular formula is C15H17N3S. The first-order valence-electron chi connectivity index (χ1n) is 6.22. The smallest absolute Gasteiger partial charge is 0.0994 e. The first kappa shape index (κ1) is 13.6. The van der Waals surface area contributed by atoms with E-state index in [2.05, 4.69) is 23.3 Å². The highest BCUT2D eigenvalue weighted by Crippen LogP contribution is 2.28. The first-order valence-corrected chi connectivity index (χ1v) is 7.04. The predicted molar refractivity (Wildman–Crippen MR) is 79.5 cm³/mol. The summed E-state index contributed by atoms with van der Waals surface area (Å²) in [4.78, 5) is 5.72. The van der Waals surface area contributed by atoms with Crippen molar-refractivity contribution in [1.82, 2.24) is 4.98 Å². The zero-order valence-electron chi connectivity index (χ0n) is 11.6. The van der Waals surface area contributed by atoms with Crippen LogP contribution in [0, 0.1) is 32.1 Å². The van der Waals surface area contributed by atoms with Crippen LogP contribution in [-0.2, 0) is 0 Å². The van der Waals surface area contributed by atoms with Crippen molar-refractivity contribution >= 4 is 17.0 Å². The maximum Gasteiger partial charge on any atom is 0.0994 e. The van der Waals surface area contributed by atoms with Gasteiger partial charge in [-0.2, -0.15) is 5.26 Å². The maximum atomic E-state index is 8.93. The van der Waals surface area contributed by atoms with E-state index in [4.69, 9.17) is 5.26 Å². The lowest BCUT2D eigenvalue weighted by Gasteiger charge is -2.15. The van der Waals surface area contributed by atoms with Gasteiger partial charge < -0.3 is 5.32 Å². The van der Waals surface area contributed by atoms with Gasteiger partial charge in [0.15, 0.2) is 0 Å². The Bertz CT molecular complexity index is 637. The normalized spacial score (nSPS) is 11.9. The standard InChI is InChI=1S/C15H17N3S/c1-9-7-14(6-5-13(9)8-16)18-11(3)15-10(2)17-12(4)19-15/h5-7,11,18H,1-4H3. The van der Waals surface area contributed by atoms with Crippen molar-refractivity contribution in [3.63, 3.8) is 0 Å². The molecule has 19 heavy (non-hydrogen) atoms. The summed E-state index contributed by atoms with van der Waals surface area (Å²) in [5, 5.41) is 13.5. The zero-order chi connectivity index (χ0) is 14.0. The predicted octanol–water partition coefficient (Wildman–Crippen LogP) is 4.11. The summed E-state index contributed by atoms with van der Waals surface area (Å²) in [5.41, 5.74) is 3.85. The third kappa shape index (κ3) is 2.94. The van der Waals surface area contributed by atoms with Crippen molar-refractivity contribution in [2.45, 2.75) is 33.7 Å². The fraction of sp³-hybridized carbons (Fsp3) is 0.333. The van der Waals surface area contributed by atoms with Gasteiger partial charge in [-0.25, -0.2) is 4.98 Å². The lowest BCUT2D eigenvalue weighted by molar-refractivity contribution is 0.889. The molecule has 0 amide bonds. The van der Waals surface area contributed by atoms with Gasteiger partial charge in [-0.05, 0) is 51.5 Å². The number of aryl methyl sites for hydroxylation is 3. The number of nitriles is 1. The summed E-state index contributed by atoms with van der Waals surface area (Å²) in [7, 11) is 0. The zero-order valence-corrected chi connectivity index (χ0v) is 12.4. The molecule has 1 atom stereocenters. The third-order valence-corrected chi connectivity index (χ3v) is 4.32. The highest BCUT2D eigenvalue weighted by atomic mass is 32.1. The van der Waals surface area contributed by atoms with Crippen LogP contribution in [-0.4, -0.2) is 4.98 Å². The van der Waals surface area contributed by atoms with Crippen molar-refractivity contribution in [3.05, 3.63) is 44.9 Å².